The average molecular weight is 304 g/mol. The summed E-state index contributed by atoms with van der Waals surface area (Å²) in [6.45, 7) is 0.325. The molecule has 1 fully saturated rings. The highest BCUT2D eigenvalue weighted by Gasteiger charge is 2.35. The van der Waals surface area contributed by atoms with Crippen LogP contribution in [0.2, 0.25) is 0 Å². The first-order valence-corrected chi connectivity index (χ1v) is 7.02. The Hall–Kier alpha value is -1.14. The van der Waals surface area contributed by atoms with Crippen LogP contribution in [0.25, 0.3) is 0 Å². The van der Waals surface area contributed by atoms with Gasteiger partial charge < -0.3 is 10.2 Å². The van der Waals surface area contributed by atoms with Crippen LogP contribution in [0.1, 0.15) is 24.4 Å². The minimum absolute atomic E-state index is 0.00119. The van der Waals surface area contributed by atoms with Crippen molar-refractivity contribution in [2.45, 2.75) is 31.4 Å². The predicted octanol–water partition coefficient (Wildman–Crippen LogP) is 3.20. The average Bonchev–Trinajstić information content (AvgIpc) is 2.33. The van der Waals surface area contributed by atoms with Gasteiger partial charge in [0.05, 0.1) is 6.04 Å². The number of likely N-dealkylation sites (N-methyl/N-ethyl adjacent to an activating group) is 1. The second-order valence-corrected chi connectivity index (χ2v) is 5.79. The van der Waals surface area contributed by atoms with Crippen LogP contribution in [0.5, 0.6) is 0 Å². The van der Waals surface area contributed by atoms with Crippen molar-refractivity contribution in [1.29, 1.82) is 0 Å². The van der Waals surface area contributed by atoms with E-state index in [1.54, 1.807) is 19.0 Å². The summed E-state index contributed by atoms with van der Waals surface area (Å²) in [5.41, 5.74) is 0.0136. The lowest BCUT2D eigenvalue weighted by atomic mass is 9.80. The third kappa shape index (κ3) is 3.74. The van der Waals surface area contributed by atoms with Crippen LogP contribution in [0.3, 0.4) is 0 Å². The monoisotopic (exact) mass is 304 g/mol. The molecule has 0 aliphatic heterocycles. The quantitative estimate of drug-likeness (QED) is 0.812. The lowest BCUT2D eigenvalue weighted by Gasteiger charge is -2.37. The number of hydrogen-bond donors (Lipinski definition) is 1. The number of benzene rings is 1. The number of rotatable bonds is 6. The topological polar surface area (TPSA) is 15.3 Å². The normalized spacial score (nSPS) is 23.4. The summed E-state index contributed by atoms with van der Waals surface area (Å²) in [5, 5.41) is 3.13. The van der Waals surface area contributed by atoms with Crippen molar-refractivity contribution in [3.05, 3.63) is 35.4 Å². The number of halogens is 4. The summed E-state index contributed by atoms with van der Waals surface area (Å²) in [4.78, 5) is 1.72. The molecule has 1 N–H and O–H groups in total. The molecule has 2 rings (SSSR count). The molecule has 1 aliphatic rings. The van der Waals surface area contributed by atoms with Gasteiger partial charge in [-0.15, -0.1) is 0 Å². The number of hydrogen-bond acceptors (Lipinski definition) is 2. The summed E-state index contributed by atoms with van der Waals surface area (Å²) >= 11 is 0. The second kappa shape index (κ2) is 6.75. The van der Waals surface area contributed by atoms with Gasteiger partial charge in [-0.3, -0.25) is 0 Å². The molecule has 0 radical (unpaired) electrons. The Morgan fingerprint density at radius 1 is 1.19 bits per heavy atom. The molecule has 1 saturated carbocycles. The molecule has 0 saturated heterocycles. The highest BCUT2D eigenvalue weighted by molar-refractivity contribution is 5.23. The van der Waals surface area contributed by atoms with E-state index in [1.807, 2.05) is 0 Å². The number of nitrogens with zero attached hydrogens (tertiary/aromatic N) is 1. The molecule has 0 heterocycles. The fourth-order valence-corrected chi connectivity index (χ4v) is 2.68. The van der Waals surface area contributed by atoms with Crippen LogP contribution in [0, 0.1) is 17.6 Å². The molecule has 0 aromatic heterocycles. The third-order valence-corrected chi connectivity index (χ3v) is 4.09. The van der Waals surface area contributed by atoms with Crippen molar-refractivity contribution >= 4 is 0 Å². The summed E-state index contributed by atoms with van der Waals surface area (Å²) < 4.78 is 52.5. The van der Waals surface area contributed by atoms with Gasteiger partial charge in [0.2, 0.25) is 6.43 Å². The van der Waals surface area contributed by atoms with E-state index in [9.17, 15) is 17.6 Å². The van der Waals surface area contributed by atoms with Crippen molar-refractivity contribution in [3.63, 3.8) is 0 Å². The maximum atomic E-state index is 13.9. The molecular weight excluding hydrogens is 284 g/mol. The molecule has 1 aliphatic carbocycles. The Balaban J connectivity index is 1.98. The Bertz CT molecular complexity index is 452. The van der Waals surface area contributed by atoms with Gasteiger partial charge in [0.1, 0.15) is 11.6 Å². The van der Waals surface area contributed by atoms with E-state index in [2.05, 4.69) is 5.32 Å². The van der Waals surface area contributed by atoms with Crippen LogP contribution in [0.4, 0.5) is 17.6 Å². The minimum atomic E-state index is -2.28. The van der Waals surface area contributed by atoms with E-state index in [0.717, 1.165) is 0 Å². The summed E-state index contributed by atoms with van der Waals surface area (Å²) in [6, 6.07) is 3.31. The van der Waals surface area contributed by atoms with Crippen LogP contribution >= 0.6 is 0 Å². The number of alkyl halides is 2. The molecule has 2 nitrogen and oxygen atoms in total. The van der Waals surface area contributed by atoms with Gasteiger partial charge in [-0.2, -0.15) is 0 Å². The largest absolute Gasteiger partial charge is 0.312 e. The Morgan fingerprint density at radius 3 is 2.24 bits per heavy atom. The zero-order valence-corrected chi connectivity index (χ0v) is 12.1. The van der Waals surface area contributed by atoms with E-state index in [4.69, 9.17) is 0 Å². The van der Waals surface area contributed by atoms with E-state index in [0.29, 0.717) is 19.4 Å². The SMILES string of the molecule is CN(C)[C@@H](CNC1CC(C(F)F)C1)c1c(F)cccc1F. The zero-order chi connectivity index (χ0) is 15.6. The molecule has 1 aromatic rings. The van der Waals surface area contributed by atoms with Gasteiger partial charge in [-0.25, -0.2) is 17.6 Å². The second-order valence-electron chi connectivity index (χ2n) is 5.79. The number of nitrogens with one attached hydrogen (secondary N) is 1. The summed E-state index contributed by atoms with van der Waals surface area (Å²) in [6.07, 6.45) is -1.45. The maximum Gasteiger partial charge on any atom is 0.241 e. The zero-order valence-electron chi connectivity index (χ0n) is 12.1. The van der Waals surface area contributed by atoms with Crippen molar-refractivity contribution < 1.29 is 17.6 Å². The van der Waals surface area contributed by atoms with Gasteiger partial charge in [0.15, 0.2) is 0 Å². The molecule has 6 heteroatoms. The van der Waals surface area contributed by atoms with E-state index in [-0.39, 0.29) is 11.6 Å². The Morgan fingerprint density at radius 2 is 1.76 bits per heavy atom. The molecule has 118 valence electrons. The first-order valence-electron chi connectivity index (χ1n) is 7.02. The first kappa shape index (κ1) is 16.2. The van der Waals surface area contributed by atoms with Gasteiger partial charge in [-0.05, 0) is 39.1 Å². The molecule has 21 heavy (non-hydrogen) atoms. The molecule has 1 aromatic carbocycles. The molecule has 0 spiro atoms. The lowest BCUT2D eigenvalue weighted by Crippen LogP contribution is -2.46. The lowest BCUT2D eigenvalue weighted by molar-refractivity contribution is 0.0147. The fraction of sp³-hybridized carbons (Fsp3) is 0.600. The van der Waals surface area contributed by atoms with Crippen LogP contribution in [0.15, 0.2) is 18.2 Å². The molecule has 0 unspecified atom stereocenters. The van der Waals surface area contributed by atoms with Crippen molar-refractivity contribution in [2.75, 3.05) is 20.6 Å². The minimum Gasteiger partial charge on any atom is -0.312 e. The van der Waals surface area contributed by atoms with Crippen LogP contribution in [-0.2, 0) is 0 Å². The smallest absolute Gasteiger partial charge is 0.241 e. The van der Waals surface area contributed by atoms with Gasteiger partial charge >= 0.3 is 0 Å². The highest BCUT2D eigenvalue weighted by Crippen LogP contribution is 2.33. The third-order valence-electron chi connectivity index (χ3n) is 4.09. The molecule has 1 atom stereocenters. The standard InChI is InChI=1S/C15H20F4N2/c1-21(2)13(14-11(16)4-3-5-12(14)17)8-20-10-6-9(7-10)15(18)19/h3-5,9-10,13,15,20H,6-8H2,1-2H3/t9?,10?,13-/m0/s1. The first-order chi connectivity index (χ1) is 9.90. The maximum absolute atomic E-state index is 13.9. The predicted molar refractivity (Wildman–Crippen MR) is 73.3 cm³/mol. The molecule has 0 amide bonds. The van der Waals surface area contributed by atoms with Gasteiger partial charge in [0.25, 0.3) is 0 Å². The highest BCUT2D eigenvalue weighted by atomic mass is 19.3. The van der Waals surface area contributed by atoms with Crippen molar-refractivity contribution in [1.82, 2.24) is 10.2 Å². The Kier molecular flexibility index (Phi) is 5.22. The molecular formula is C15H20F4N2. The van der Waals surface area contributed by atoms with Crippen LogP contribution in [-0.4, -0.2) is 38.0 Å². The van der Waals surface area contributed by atoms with E-state index >= 15 is 0 Å². The molecule has 0 bridgehead atoms. The summed E-state index contributed by atoms with van der Waals surface area (Å²) in [7, 11) is 3.47. The summed E-state index contributed by atoms with van der Waals surface area (Å²) in [5.74, 6) is -1.73. The van der Waals surface area contributed by atoms with E-state index in [1.165, 1.54) is 18.2 Å². The van der Waals surface area contributed by atoms with Gasteiger partial charge in [-0.1, -0.05) is 6.07 Å². The van der Waals surface area contributed by atoms with E-state index < -0.39 is 30.0 Å². The Labute approximate surface area is 122 Å². The van der Waals surface area contributed by atoms with Gasteiger partial charge in [0, 0.05) is 24.1 Å². The van der Waals surface area contributed by atoms with Crippen molar-refractivity contribution in [3.8, 4) is 0 Å². The van der Waals surface area contributed by atoms with Crippen LogP contribution < -0.4 is 5.32 Å². The fourth-order valence-electron chi connectivity index (χ4n) is 2.68. The van der Waals surface area contributed by atoms with Crippen molar-refractivity contribution in [2.24, 2.45) is 5.92 Å².